The van der Waals surface area contributed by atoms with Crippen molar-refractivity contribution in [3.63, 3.8) is 0 Å². The molecule has 0 bridgehead atoms. The molecule has 0 unspecified atom stereocenters. The molecule has 0 aliphatic carbocycles. The maximum absolute atomic E-state index is 13.1. The number of aromatic hydroxyl groups is 1. The minimum atomic E-state index is -0.742. The third-order valence-electron chi connectivity index (χ3n) is 7.34. The summed E-state index contributed by atoms with van der Waals surface area (Å²) in [6.45, 7) is 5.23. The molecule has 0 saturated carbocycles. The number of hydrogen-bond acceptors (Lipinski definition) is 10. The van der Waals surface area contributed by atoms with Crippen LogP contribution in [0, 0.1) is 18.3 Å². The molecule has 11 nitrogen and oxygen atoms in total. The number of carbonyl (C=O) groups is 2. The smallest absolute Gasteiger partial charge is 0.310 e. The largest absolute Gasteiger partial charge is 0.505 e. The summed E-state index contributed by atoms with van der Waals surface area (Å²) in [6, 6.07) is 7.73. The van der Waals surface area contributed by atoms with E-state index in [2.05, 4.69) is 10.6 Å². The van der Waals surface area contributed by atoms with Gasteiger partial charge in [-0.3, -0.25) is 19.2 Å². The molecule has 2 aliphatic heterocycles. The summed E-state index contributed by atoms with van der Waals surface area (Å²) >= 11 is 0. The van der Waals surface area contributed by atoms with Crippen LogP contribution in [-0.2, 0) is 14.3 Å². The lowest BCUT2D eigenvalue weighted by molar-refractivity contribution is -0.144. The zero-order valence-corrected chi connectivity index (χ0v) is 21.3. The van der Waals surface area contributed by atoms with Gasteiger partial charge in [0.05, 0.1) is 43.5 Å². The van der Waals surface area contributed by atoms with Gasteiger partial charge in [0.25, 0.3) is 16.8 Å². The van der Waals surface area contributed by atoms with E-state index < -0.39 is 28.7 Å². The predicted octanol–water partition coefficient (Wildman–Crippen LogP) is 2.46. The summed E-state index contributed by atoms with van der Waals surface area (Å²) in [6.07, 6.45) is 0.468. The average Bonchev–Trinajstić information content (AvgIpc) is 3.56. The molecule has 11 heteroatoms. The van der Waals surface area contributed by atoms with Gasteiger partial charge in [0.2, 0.25) is 0 Å². The first-order valence-electron chi connectivity index (χ1n) is 12.3. The lowest BCUT2D eigenvalue weighted by atomic mass is 9.79. The summed E-state index contributed by atoms with van der Waals surface area (Å²) < 4.78 is 16.0. The van der Waals surface area contributed by atoms with E-state index in [1.54, 1.807) is 6.07 Å². The van der Waals surface area contributed by atoms with Gasteiger partial charge in [0.15, 0.2) is 5.75 Å². The molecule has 2 saturated heterocycles. The first-order chi connectivity index (χ1) is 18.1. The van der Waals surface area contributed by atoms with Crippen molar-refractivity contribution in [1.82, 2.24) is 4.90 Å². The Hall–Kier alpha value is -4.12. The zero-order chi connectivity index (χ0) is 27.2. The van der Waals surface area contributed by atoms with Crippen molar-refractivity contribution in [3.8, 4) is 5.75 Å². The minimum Gasteiger partial charge on any atom is -0.505 e. The number of hydrogen-bond donors (Lipinski definition) is 3. The lowest BCUT2D eigenvalue weighted by Gasteiger charge is -2.44. The molecule has 1 aromatic heterocycles. The number of phenolic OH excluding ortho intramolecular Hbond substituents is 1. The standard InChI is InChI=1S/C27H29N3O8/c1-14-7-8-18(38-14)24(27(2)12-37-13-27)29-20-19(22(32)23(20)33)28-17-6-4-5-16(21(17)31)25(34)30-10-9-15(11-30)26(35)36-3/h4-8,15,24,28-29,31H,9-13H2,1-3H3/t15-,24-/m0/s1. The number of amides is 1. The number of rotatable bonds is 8. The van der Waals surface area contributed by atoms with Crippen LogP contribution in [0.25, 0.3) is 0 Å². The van der Waals surface area contributed by atoms with E-state index in [0.29, 0.717) is 37.7 Å². The van der Waals surface area contributed by atoms with Crippen LogP contribution in [-0.4, -0.2) is 55.3 Å². The summed E-state index contributed by atoms with van der Waals surface area (Å²) in [5.41, 5.74) is -1.64. The van der Waals surface area contributed by atoms with Gasteiger partial charge in [-0.05, 0) is 37.6 Å². The van der Waals surface area contributed by atoms with Crippen molar-refractivity contribution in [3.05, 3.63) is 67.9 Å². The van der Waals surface area contributed by atoms with Crippen LogP contribution < -0.4 is 21.5 Å². The number of phenols is 1. The van der Waals surface area contributed by atoms with E-state index in [1.807, 2.05) is 26.0 Å². The lowest BCUT2D eigenvalue weighted by Crippen LogP contribution is -2.49. The third kappa shape index (κ3) is 4.32. The van der Waals surface area contributed by atoms with Crippen molar-refractivity contribution in [2.45, 2.75) is 26.3 Å². The van der Waals surface area contributed by atoms with Crippen LogP contribution in [0.2, 0.25) is 0 Å². The Morgan fingerprint density at radius 3 is 2.53 bits per heavy atom. The second kappa shape index (κ2) is 9.64. The quantitative estimate of drug-likeness (QED) is 0.228. The Morgan fingerprint density at radius 1 is 1.16 bits per heavy atom. The average molecular weight is 524 g/mol. The van der Waals surface area contributed by atoms with Crippen molar-refractivity contribution in [2.75, 3.05) is 44.0 Å². The molecule has 1 amide bonds. The van der Waals surface area contributed by atoms with Gasteiger partial charge in [0.1, 0.15) is 22.9 Å². The first-order valence-corrected chi connectivity index (χ1v) is 12.3. The molecule has 3 aromatic rings. The molecule has 200 valence electrons. The Kier molecular flexibility index (Phi) is 6.47. The van der Waals surface area contributed by atoms with Crippen LogP contribution in [0.1, 0.15) is 41.3 Å². The summed E-state index contributed by atoms with van der Waals surface area (Å²) in [7, 11) is 1.30. The van der Waals surface area contributed by atoms with E-state index in [9.17, 15) is 24.3 Å². The van der Waals surface area contributed by atoms with Gasteiger partial charge < -0.3 is 34.5 Å². The normalized spacial score (nSPS) is 19.1. The van der Waals surface area contributed by atoms with E-state index in [4.69, 9.17) is 13.9 Å². The second-order valence-electron chi connectivity index (χ2n) is 10.2. The van der Waals surface area contributed by atoms with E-state index in [1.165, 1.54) is 24.1 Å². The van der Waals surface area contributed by atoms with Crippen molar-refractivity contribution < 1.29 is 28.6 Å². The van der Waals surface area contributed by atoms with Gasteiger partial charge in [0, 0.05) is 18.5 Å². The maximum Gasteiger partial charge on any atom is 0.310 e. The van der Waals surface area contributed by atoms with Crippen LogP contribution in [0.4, 0.5) is 17.1 Å². The Balaban J connectivity index is 1.39. The Bertz CT molecular complexity index is 1460. The van der Waals surface area contributed by atoms with Gasteiger partial charge in [-0.2, -0.15) is 0 Å². The number of methoxy groups -OCH3 is 1. The highest BCUT2D eigenvalue weighted by Gasteiger charge is 2.45. The summed E-state index contributed by atoms with van der Waals surface area (Å²) in [5, 5.41) is 16.9. The molecule has 2 fully saturated rings. The van der Waals surface area contributed by atoms with Crippen LogP contribution in [0.15, 0.2) is 44.3 Å². The fourth-order valence-electron chi connectivity index (χ4n) is 5.01. The number of ether oxygens (including phenoxy) is 2. The third-order valence-corrected chi connectivity index (χ3v) is 7.34. The summed E-state index contributed by atoms with van der Waals surface area (Å²) in [5.74, 6) is -0.299. The Morgan fingerprint density at radius 2 is 1.89 bits per heavy atom. The fraction of sp³-hybridized carbons (Fsp3) is 0.407. The van der Waals surface area contributed by atoms with Crippen LogP contribution in [0.3, 0.4) is 0 Å². The number of carbonyl (C=O) groups excluding carboxylic acids is 2. The topological polar surface area (TPSA) is 147 Å². The second-order valence-corrected chi connectivity index (χ2v) is 10.2. The molecule has 0 radical (unpaired) electrons. The van der Waals surface area contributed by atoms with E-state index in [0.717, 1.165) is 0 Å². The van der Waals surface area contributed by atoms with Crippen molar-refractivity contribution in [1.29, 1.82) is 0 Å². The highest BCUT2D eigenvalue weighted by Crippen LogP contribution is 2.43. The molecule has 2 aromatic carbocycles. The molecule has 2 atom stereocenters. The molecule has 0 spiro atoms. The molecule has 5 rings (SSSR count). The number of likely N-dealkylation sites (tertiary alicyclic amines) is 1. The van der Waals surface area contributed by atoms with Gasteiger partial charge in [-0.1, -0.05) is 13.0 Å². The number of para-hydroxylation sites is 1. The zero-order valence-electron chi connectivity index (χ0n) is 21.3. The van der Waals surface area contributed by atoms with Gasteiger partial charge in [-0.25, -0.2) is 0 Å². The van der Waals surface area contributed by atoms with E-state index >= 15 is 0 Å². The van der Waals surface area contributed by atoms with Crippen LogP contribution in [0.5, 0.6) is 5.75 Å². The predicted molar refractivity (Wildman–Crippen MR) is 138 cm³/mol. The van der Waals surface area contributed by atoms with E-state index in [-0.39, 0.29) is 46.3 Å². The molecule has 3 heterocycles. The van der Waals surface area contributed by atoms with Crippen LogP contribution >= 0.6 is 0 Å². The number of esters is 1. The fourth-order valence-corrected chi connectivity index (χ4v) is 5.01. The molecular weight excluding hydrogens is 494 g/mol. The molecule has 38 heavy (non-hydrogen) atoms. The van der Waals surface area contributed by atoms with Crippen molar-refractivity contribution >= 4 is 28.9 Å². The van der Waals surface area contributed by atoms with Gasteiger partial charge >= 0.3 is 5.97 Å². The minimum absolute atomic E-state index is 0.0109. The summed E-state index contributed by atoms with van der Waals surface area (Å²) in [4.78, 5) is 51.5. The number of anilines is 3. The SMILES string of the molecule is COC(=O)[C@H]1CCN(C(=O)c2cccc(Nc3c(N[C@@H](c4ccc(C)o4)C4(C)COC4)c(=O)c3=O)c2O)C1. The highest BCUT2D eigenvalue weighted by atomic mass is 16.5. The molecular formula is C27H29N3O8. The van der Waals surface area contributed by atoms with Crippen molar-refractivity contribution in [2.24, 2.45) is 11.3 Å². The number of aryl methyl sites for hydroxylation is 1. The number of nitrogens with one attached hydrogen (secondary N) is 2. The highest BCUT2D eigenvalue weighted by molar-refractivity contribution is 5.99. The van der Waals surface area contributed by atoms with Gasteiger partial charge in [-0.15, -0.1) is 0 Å². The molecule has 2 aliphatic rings. The Labute approximate surface area is 218 Å². The first kappa shape index (κ1) is 25.5. The number of benzene rings is 1. The molecule has 3 N–H and O–H groups in total. The number of nitrogens with zero attached hydrogens (tertiary/aromatic N) is 1. The monoisotopic (exact) mass is 523 g/mol. The number of furan rings is 1. The maximum atomic E-state index is 13.1.